The van der Waals surface area contributed by atoms with Gasteiger partial charge in [-0.3, -0.25) is 4.99 Å². The number of piperazine rings is 1. The summed E-state index contributed by atoms with van der Waals surface area (Å²) in [5.41, 5.74) is 2.27. The molecule has 1 aliphatic heterocycles. The highest BCUT2D eigenvalue weighted by atomic mass is 16.5. The van der Waals surface area contributed by atoms with Crippen molar-refractivity contribution in [2.24, 2.45) is 4.99 Å². The molecule has 0 radical (unpaired) electrons. The molecule has 2 aromatic rings. The summed E-state index contributed by atoms with van der Waals surface area (Å²) in [6, 6.07) is 12.3. The average molecular weight is 425 g/mol. The summed E-state index contributed by atoms with van der Waals surface area (Å²) < 4.78 is 6.02. The lowest BCUT2D eigenvalue weighted by molar-refractivity contribution is 0.222. The molecule has 1 aromatic carbocycles. The topological polar surface area (TPSA) is 65.0 Å². The minimum absolute atomic E-state index is 0.0220. The Balaban J connectivity index is 1.42. The molecule has 2 N–H and O–H groups in total. The molecule has 168 valence electrons. The van der Waals surface area contributed by atoms with Crippen LogP contribution in [0.15, 0.2) is 47.6 Å². The number of rotatable bonds is 8. The van der Waals surface area contributed by atoms with Crippen LogP contribution in [0.3, 0.4) is 0 Å². The second kappa shape index (κ2) is 11.6. The number of ether oxygens (including phenoxy) is 1. The van der Waals surface area contributed by atoms with Gasteiger partial charge in [-0.25, -0.2) is 4.98 Å². The van der Waals surface area contributed by atoms with E-state index in [9.17, 15) is 0 Å². The Hall–Kier alpha value is -2.80. The molecule has 3 rings (SSSR count). The standard InChI is InChI=1S/C24H36N6O/c1-5-29-12-14-30(15-13-29)23-11-10-21(17-26-23)18-28-24(25-4)27-16-20(3)31-22-9-7-6-8-19(22)2/h6-11,17,20H,5,12-16,18H2,1-4H3,(H2,25,27,28). The zero-order valence-electron chi connectivity index (χ0n) is 19.3. The average Bonchev–Trinajstić information content (AvgIpc) is 2.81. The zero-order chi connectivity index (χ0) is 22.1. The number of guanidine groups is 1. The molecule has 1 fully saturated rings. The van der Waals surface area contributed by atoms with Gasteiger partial charge in [0.2, 0.25) is 0 Å². The molecular weight excluding hydrogens is 388 g/mol. The summed E-state index contributed by atoms with van der Waals surface area (Å²) in [5.74, 6) is 2.73. The molecule has 1 unspecified atom stereocenters. The molecule has 1 aromatic heterocycles. The smallest absolute Gasteiger partial charge is 0.191 e. The summed E-state index contributed by atoms with van der Waals surface area (Å²) in [6.45, 7) is 13.1. The summed E-state index contributed by atoms with van der Waals surface area (Å²) in [5, 5.41) is 6.68. The van der Waals surface area contributed by atoms with Crippen LogP contribution in [0.2, 0.25) is 0 Å². The molecule has 7 nitrogen and oxygen atoms in total. The van der Waals surface area contributed by atoms with Gasteiger partial charge in [0.1, 0.15) is 17.7 Å². The van der Waals surface area contributed by atoms with Crippen LogP contribution >= 0.6 is 0 Å². The number of anilines is 1. The number of aromatic nitrogens is 1. The first-order chi connectivity index (χ1) is 15.1. The minimum atomic E-state index is 0.0220. The van der Waals surface area contributed by atoms with Crippen molar-refractivity contribution in [2.45, 2.75) is 33.4 Å². The number of benzene rings is 1. The first-order valence-electron chi connectivity index (χ1n) is 11.2. The van der Waals surface area contributed by atoms with Crippen molar-refractivity contribution in [3.8, 4) is 5.75 Å². The van der Waals surface area contributed by atoms with Crippen molar-refractivity contribution in [3.63, 3.8) is 0 Å². The van der Waals surface area contributed by atoms with Gasteiger partial charge in [-0.05, 0) is 43.7 Å². The van der Waals surface area contributed by atoms with Crippen LogP contribution in [0.25, 0.3) is 0 Å². The van der Waals surface area contributed by atoms with Gasteiger partial charge in [0.15, 0.2) is 5.96 Å². The Morgan fingerprint density at radius 2 is 1.90 bits per heavy atom. The lowest BCUT2D eigenvalue weighted by Gasteiger charge is -2.34. The Morgan fingerprint density at radius 1 is 1.13 bits per heavy atom. The first kappa shape index (κ1) is 22.9. The van der Waals surface area contributed by atoms with E-state index in [1.54, 1.807) is 7.05 Å². The lowest BCUT2D eigenvalue weighted by atomic mass is 10.2. The maximum Gasteiger partial charge on any atom is 0.191 e. The second-order valence-electron chi connectivity index (χ2n) is 7.95. The van der Waals surface area contributed by atoms with E-state index in [1.807, 2.05) is 24.4 Å². The van der Waals surface area contributed by atoms with Crippen molar-refractivity contribution in [3.05, 3.63) is 53.7 Å². The van der Waals surface area contributed by atoms with Gasteiger partial charge < -0.3 is 25.2 Å². The first-order valence-corrected chi connectivity index (χ1v) is 11.2. The van der Waals surface area contributed by atoms with E-state index in [-0.39, 0.29) is 6.10 Å². The van der Waals surface area contributed by atoms with Gasteiger partial charge in [-0.2, -0.15) is 0 Å². The molecule has 31 heavy (non-hydrogen) atoms. The van der Waals surface area contributed by atoms with Gasteiger partial charge in [0.25, 0.3) is 0 Å². The Labute approximate surface area is 186 Å². The molecule has 1 atom stereocenters. The van der Waals surface area contributed by atoms with Crippen molar-refractivity contribution in [1.82, 2.24) is 20.5 Å². The number of para-hydroxylation sites is 1. The van der Waals surface area contributed by atoms with Crippen LogP contribution in [0.5, 0.6) is 5.75 Å². The lowest BCUT2D eigenvalue weighted by Crippen LogP contribution is -2.46. The summed E-state index contributed by atoms with van der Waals surface area (Å²) in [4.78, 5) is 13.8. The predicted molar refractivity (Wildman–Crippen MR) is 128 cm³/mol. The fourth-order valence-corrected chi connectivity index (χ4v) is 3.60. The Kier molecular flexibility index (Phi) is 8.53. The number of hydrogen-bond acceptors (Lipinski definition) is 5. The van der Waals surface area contributed by atoms with Crippen LogP contribution in [0.1, 0.15) is 25.0 Å². The summed E-state index contributed by atoms with van der Waals surface area (Å²) in [6.07, 6.45) is 1.97. The third kappa shape index (κ3) is 6.85. The van der Waals surface area contributed by atoms with Crippen LogP contribution < -0.4 is 20.3 Å². The zero-order valence-corrected chi connectivity index (χ0v) is 19.3. The van der Waals surface area contributed by atoms with Crippen LogP contribution in [-0.2, 0) is 6.54 Å². The number of pyridine rings is 1. The fourth-order valence-electron chi connectivity index (χ4n) is 3.60. The normalized spacial score (nSPS) is 16.1. The highest BCUT2D eigenvalue weighted by Crippen LogP contribution is 2.17. The van der Waals surface area contributed by atoms with Gasteiger partial charge in [-0.1, -0.05) is 31.2 Å². The number of likely N-dealkylation sites (N-methyl/N-ethyl adjacent to an activating group) is 1. The number of aliphatic imine (C=N–C) groups is 1. The van der Waals surface area contributed by atoms with E-state index in [0.29, 0.717) is 13.1 Å². The molecular formula is C24H36N6O. The van der Waals surface area contributed by atoms with Gasteiger partial charge in [0, 0.05) is 46.0 Å². The Morgan fingerprint density at radius 3 is 2.55 bits per heavy atom. The highest BCUT2D eigenvalue weighted by molar-refractivity contribution is 5.79. The van der Waals surface area contributed by atoms with E-state index in [1.165, 1.54) is 0 Å². The molecule has 2 heterocycles. The second-order valence-corrected chi connectivity index (χ2v) is 7.95. The maximum atomic E-state index is 6.02. The van der Waals surface area contributed by atoms with Crippen molar-refractivity contribution in [1.29, 1.82) is 0 Å². The van der Waals surface area contributed by atoms with Gasteiger partial charge in [-0.15, -0.1) is 0 Å². The third-order valence-electron chi connectivity index (χ3n) is 5.61. The molecule has 0 aliphatic carbocycles. The molecule has 0 saturated carbocycles. The van der Waals surface area contributed by atoms with Crippen molar-refractivity contribution in [2.75, 3.05) is 51.2 Å². The largest absolute Gasteiger partial charge is 0.489 e. The monoisotopic (exact) mass is 424 g/mol. The fraction of sp³-hybridized carbons (Fsp3) is 0.500. The van der Waals surface area contributed by atoms with E-state index in [4.69, 9.17) is 4.74 Å². The number of nitrogens with one attached hydrogen (secondary N) is 2. The van der Waals surface area contributed by atoms with E-state index < -0.39 is 0 Å². The number of nitrogens with zero attached hydrogens (tertiary/aromatic N) is 4. The summed E-state index contributed by atoms with van der Waals surface area (Å²) in [7, 11) is 1.78. The molecule has 1 saturated heterocycles. The van der Waals surface area contributed by atoms with E-state index in [2.05, 4.69) is 69.4 Å². The third-order valence-corrected chi connectivity index (χ3v) is 5.61. The van der Waals surface area contributed by atoms with E-state index in [0.717, 1.165) is 61.4 Å². The van der Waals surface area contributed by atoms with Gasteiger partial charge in [0.05, 0.1) is 6.54 Å². The molecule has 0 bridgehead atoms. The molecule has 0 spiro atoms. The van der Waals surface area contributed by atoms with Gasteiger partial charge >= 0.3 is 0 Å². The molecule has 7 heteroatoms. The highest BCUT2D eigenvalue weighted by Gasteiger charge is 2.16. The van der Waals surface area contributed by atoms with Crippen LogP contribution in [0, 0.1) is 6.92 Å². The molecule has 1 aliphatic rings. The Bertz CT molecular complexity index is 830. The number of aryl methyl sites for hydroxylation is 1. The summed E-state index contributed by atoms with van der Waals surface area (Å²) >= 11 is 0. The molecule has 0 amide bonds. The van der Waals surface area contributed by atoms with Crippen molar-refractivity contribution >= 4 is 11.8 Å². The van der Waals surface area contributed by atoms with Crippen molar-refractivity contribution < 1.29 is 4.74 Å². The minimum Gasteiger partial charge on any atom is -0.489 e. The number of hydrogen-bond donors (Lipinski definition) is 2. The quantitative estimate of drug-likeness (QED) is 0.502. The van der Waals surface area contributed by atoms with Crippen LogP contribution in [0.4, 0.5) is 5.82 Å². The van der Waals surface area contributed by atoms with Crippen LogP contribution in [-0.4, -0.2) is 68.3 Å². The van der Waals surface area contributed by atoms with E-state index >= 15 is 0 Å². The predicted octanol–water partition coefficient (Wildman–Crippen LogP) is 2.66. The maximum absolute atomic E-state index is 6.02. The SMILES string of the molecule is CCN1CCN(c2ccc(CNC(=NC)NCC(C)Oc3ccccc3C)cn2)CC1.